The number of halogens is 2. The summed E-state index contributed by atoms with van der Waals surface area (Å²) in [5.41, 5.74) is 1.63. The summed E-state index contributed by atoms with van der Waals surface area (Å²) in [4.78, 5) is 4.94. The van der Waals surface area contributed by atoms with Gasteiger partial charge in [0.1, 0.15) is 10.3 Å². The molecule has 0 unspecified atom stereocenters. The zero-order valence-corrected chi connectivity index (χ0v) is 16.8. The maximum Gasteiger partial charge on any atom is 0.267 e. The number of sulfonamides is 1. The summed E-state index contributed by atoms with van der Waals surface area (Å²) in [5, 5.41) is 11.4. The number of aromatic nitrogens is 3. The van der Waals surface area contributed by atoms with Gasteiger partial charge in [-0.1, -0.05) is 47.7 Å². The van der Waals surface area contributed by atoms with E-state index in [2.05, 4.69) is 26.0 Å². The molecule has 0 saturated carbocycles. The molecule has 0 atom stereocenters. The van der Waals surface area contributed by atoms with Gasteiger partial charge < -0.3 is 0 Å². The van der Waals surface area contributed by atoms with E-state index in [4.69, 9.17) is 5.14 Å². The standard InChI is InChI=1S/C14H9BrN4O2S2.BrH/c15-12-11(10-6-5-8-3-1-2-4-9(8)7-10)17-13-19(12)18-14(22-13)23(16,20)21;/h1-7H,(H2,16,20,21);1H. The third-order valence-corrected chi connectivity index (χ3v) is 6.33. The largest absolute Gasteiger partial charge is 0.267 e. The van der Waals surface area contributed by atoms with Crippen LogP contribution in [0, 0.1) is 0 Å². The van der Waals surface area contributed by atoms with Crippen LogP contribution in [0.1, 0.15) is 0 Å². The Bertz CT molecular complexity index is 1170. The summed E-state index contributed by atoms with van der Waals surface area (Å²) in [7, 11) is -3.83. The molecule has 0 amide bonds. The van der Waals surface area contributed by atoms with Crippen LogP contribution in [0.4, 0.5) is 0 Å². The van der Waals surface area contributed by atoms with Gasteiger partial charge >= 0.3 is 0 Å². The van der Waals surface area contributed by atoms with Crippen molar-refractivity contribution in [2.45, 2.75) is 4.34 Å². The average molecular weight is 490 g/mol. The molecule has 0 aliphatic heterocycles. The number of primary sulfonamides is 1. The van der Waals surface area contributed by atoms with Gasteiger partial charge in [-0.25, -0.2) is 18.5 Å². The van der Waals surface area contributed by atoms with E-state index in [0.717, 1.165) is 27.7 Å². The fraction of sp³-hybridized carbons (Fsp3) is 0. The third-order valence-electron chi connectivity index (χ3n) is 3.40. The second-order valence-electron chi connectivity index (χ2n) is 4.92. The van der Waals surface area contributed by atoms with Crippen molar-refractivity contribution in [2.24, 2.45) is 5.14 Å². The van der Waals surface area contributed by atoms with E-state index in [0.29, 0.717) is 15.3 Å². The number of nitrogens with two attached hydrogens (primary N) is 1. The fourth-order valence-electron chi connectivity index (χ4n) is 2.34. The predicted octanol–water partition coefficient (Wildman–Crippen LogP) is 3.60. The molecule has 2 aromatic heterocycles. The number of hydrogen-bond acceptors (Lipinski definition) is 5. The lowest BCUT2D eigenvalue weighted by atomic mass is 10.1. The van der Waals surface area contributed by atoms with Crippen molar-refractivity contribution in [3.05, 3.63) is 47.1 Å². The highest BCUT2D eigenvalue weighted by Gasteiger charge is 2.20. The monoisotopic (exact) mass is 488 g/mol. The molecule has 2 N–H and O–H groups in total. The van der Waals surface area contributed by atoms with Gasteiger partial charge in [-0.05, 0) is 32.8 Å². The fourth-order valence-corrected chi connectivity index (χ4v) is 4.54. The van der Waals surface area contributed by atoms with Gasteiger partial charge in [0.25, 0.3) is 10.0 Å². The van der Waals surface area contributed by atoms with Crippen molar-refractivity contribution >= 4 is 70.0 Å². The smallest absolute Gasteiger partial charge is 0.223 e. The zero-order valence-electron chi connectivity index (χ0n) is 11.9. The van der Waals surface area contributed by atoms with Crippen LogP contribution in [-0.4, -0.2) is 23.0 Å². The van der Waals surface area contributed by atoms with Crippen LogP contribution in [0.15, 0.2) is 51.4 Å². The molecule has 24 heavy (non-hydrogen) atoms. The lowest BCUT2D eigenvalue weighted by Crippen LogP contribution is -2.12. The quantitative estimate of drug-likeness (QED) is 0.465. The molecule has 4 aromatic rings. The predicted molar refractivity (Wildman–Crippen MR) is 103 cm³/mol. The summed E-state index contributed by atoms with van der Waals surface area (Å²) in [5.74, 6) is 0. The van der Waals surface area contributed by atoms with Crippen molar-refractivity contribution in [3.63, 3.8) is 0 Å². The van der Waals surface area contributed by atoms with Crippen molar-refractivity contribution in [1.29, 1.82) is 0 Å². The molecule has 10 heteroatoms. The Morgan fingerprint density at radius 3 is 2.50 bits per heavy atom. The van der Waals surface area contributed by atoms with Crippen LogP contribution < -0.4 is 5.14 Å². The molecule has 0 aliphatic rings. The molecule has 0 fully saturated rings. The van der Waals surface area contributed by atoms with E-state index in [9.17, 15) is 8.42 Å². The molecule has 0 bridgehead atoms. The van der Waals surface area contributed by atoms with Crippen LogP contribution in [0.3, 0.4) is 0 Å². The van der Waals surface area contributed by atoms with E-state index in [1.807, 2.05) is 42.5 Å². The maximum absolute atomic E-state index is 11.4. The minimum atomic E-state index is -3.83. The van der Waals surface area contributed by atoms with Crippen LogP contribution in [-0.2, 0) is 10.0 Å². The highest BCUT2D eigenvalue weighted by Crippen LogP contribution is 2.33. The van der Waals surface area contributed by atoms with Gasteiger partial charge in [0, 0.05) is 5.56 Å². The first-order valence-electron chi connectivity index (χ1n) is 6.50. The Balaban J connectivity index is 0.00000169. The number of rotatable bonds is 2. The first-order chi connectivity index (χ1) is 10.9. The van der Waals surface area contributed by atoms with Crippen molar-refractivity contribution < 1.29 is 8.42 Å². The van der Waals surface area contributed by atoms with Crippen LogP contribution in [0.25, 0.3) is 27.0 Å². The molecule has 4 rings (SSSR count). The van der Waals surface area contributed by atoms with Crippen LogP contribution in [0.5, 0.6) is 0 Å². The van der Waals surface area contributed by atoms with Gasteiger partial charge in [0.15, 0.2) is 0 Å². The summed E-state index contributed by atoms with van der Waals surface area (Å²) >= 11 is 4.38. The molecule has 0 aliphatic carbocycles. The molecular formula is C14H10Br2N4O2S2. The number of fused-ring (bicyclic) bond motifs is 2. The van der Waals surface area contributed by atoms with Gasteiger partial charge in [-0.3, -0.25) is 0 Å². The topological polar surface area (TPSA) is 90.4 Å². The number of benzene rings is 2. The Hall–Kier alpha value is -1.33. The molecule has 0 saturated heterocycles. The molecule has 0 radical (unpaired) electrons. The molecule has 0 spiro atoms. The second-order valence-corrected chi connectivity index (χ2v) is 8.36. The molecule has 2 heterocycles. The van der Waals surface area contributed by atoms with Crippen molar-refractivity contribution in [2.75, 3.05) is 0 Å². The minimum absolute atomic E-state index is 0. The van der Waals surface area contributed by atoms with E-state index in [1.54, 1.807) is 0 Å². The minimum Gasteiger partial charge on any atom is -0.223 e. The maximum atomic E-state index is 11.4. The summed E-state index contributed by atoms with van der Waals surface area (Å²) in [6, 6.07) is 14.1. The Labute approximate surface area is 160 Å². The van der Waals surface area contributed by atoms with E-state index < -0.39 is 10.0 Å². The van der Waals surface area contributed by atoms with Crippen LogP contribution >= 0.6 is 44.2 Å². The first-order valence-corrected chi connectivity index (χ1v) is 9.66. The molecule has 6 nitrogen and oxygen atoms in total. The van der Waals surface area contributed by atoms with Crippen LogP contribution in [0.2, 0.25) is 0 Å². The average Bonchev–Trinajstić information content (AvgIpc) is 3.07. The Morgan fingerprint density at radius 1 is 1.12 bits per heavy atom. The number of nitrogens with zero attached hydrogens (tertiary/aromatic N) is 3. The summed E-state index contributed by atoms with van der Waals surface area (Å²) < 4.78 is 24.6. The molecular weight excluding hydrogens is 480 g/mol. The van der Waals surface area contributed by atoms with Gasteiger partial charge in [0.2, 0.25) is 9.30 Å². The van der Waals surface area contributed by atoms with E-state index in [1.165, 1.54) is 4.52 Å². The van der Waals surface area contributed by atoms with Gasteiger partial charge in [-0.2, -0.15) is 4.52 Å². The normalized spacial score (nSPS) is 11.8. The molecule has 124 valence electrons. The second kappa shape index (κ2) is 6.19. The zero-order chi connectivity index (χ0) is 16.2. The third kappa shape index (κ3) is 2.88. The number of imidazole rings is 1. The summed E-state index contributed by atoms with van der Waals surface area (Å²) in [6.45, 7) is 0. The van der Waals surface area contributed by atoms with Crippen molar-refractivity contribution in [3.8, 4) is 11.3 Å². The Morgan fingerprint density at radius 2 is 1.83 bits per heavy atom. The lowest BCUT2D eigenvalue weighted by molar-refractivity contribution is 0.595. The van der Waals surface area contributed by atoms with E-state index in [-0.39, 0.29) is 21.3 Å². The summed E-state index contributed by atoms with van der Waals surface area (Å²) in [6.07, 6.45) is 0. The van der Waals surface area contributed by atoms with Gasteiger partial charge in [-0.15, -0.1) is 22.1 Å². The lowest BCUT2D eigenvalue weighted by Gasteiger charge is -2.01. The van der Waals surface area contributed by atoms with Crippen molar-refractivity contribution in [1.82, 2.24) is 14.6 Å². The molecule has 2 aromatic carbocycles. The Kier molecular flexibility index (Phi) is 4.51. The highest BCUT2D eigenvalue weighted by molar-refractivity contribution is 9.10. The highest BCUT2D eigenvalue weighted by atomic mass is 79.9. The SMILES string of the molecule is Br.NS(=O)(=O)c1nn2c(Br)c(-c3ccc4ccccc4c3)nc2s1. The number of hydrogen-bond donors (Lipinski definition) is 1. The first kappa shape index (κ1) is 17.5. The van der Waals surface area contributed by atoms with Gasteiger partial charge in [0.05, 0.1) is 0 Å². The van der Waals surface area contributed by atoms with E-state index >= 15 is 0 Å².